The van der Waals surface area contributed by atoms with Gasteiger partial charge < -0.3 is 14.5 Å². The quantitative estimate of drug-likeness (QED) is 0.145. The highest BCUT2D eigenvalue weighted by Gasteiger charge is 2.37. The van der Waals surface area contributed by atoms with Crippen LogP contribution in [0.25, 0.3) is 17.2 Å². The summed E-state index contributed by atoms with van der Waals surface area (Å²) in [6, 6.07) is 74.5. The van der Waals surface area contributed by atoms with Gasteiger partial charge in [-0.3, -0.25) is 0 Å². The third kappa shape index (κ3) is 6.85. The molecule has 0 unspecified atom stereocenters. The number of rotatable bonds is 9. The van der Waals surface area contributed by atoms with Gasteiger partial charge in [0.1, 0.15) is 5.75 Å². The van der Waals surface area contributed by atoms with E-state index < -0.39 is 5.60 Å². The molecule has 8 aromatic carbocycles. The molecule has 4 heteroatoms. The molecule has 1 heterocycles. The second-order valence-electron chi connectivity index (χ2n) is 13.5. The minimum absolute atomic E-state index is 0.835. The van der Waals surface area contributed by atoms with Crippen LogP contribution in [-0.2, 0) is 5.60 Å². The highest BCUT2D eigenvalue weighted by molar-refractivity contribution is 9.10. The zero-order valence-corrected chi connectivity index (χ0v) is 31.6. The second kappa shape index (κ2) is 15.0. The van der Waals surface area contributed by atoms with Gasteiger partial charge in [-0.1, -0.05) is 143 Å². The highest BCUT2D eigenvalue weighted by atomic mass is 79.9. The number of ether oxygens (including phenoxy) is 1. The van der Waals surface area contributed by atoms with Crippen LogP contribution in [0.5, 0.6) is 5.75 Å². The fourth-order valence-electron chi connectivity index (χ4n) is 7.39. The minimum Gasteiger partial charge on any atom is -0.473 e. The van der Waals surface area contributed by atoms with Crippen LogP contribution in [-0.4, -0.2) is 0 Å². The molecule has 0 bridgehead atoms. The normalized spacial score (nSPS) is 12.7. The predicted octanol–water partition coefficient (Wildman–Crippen LogP) is 14.4. The Balaban J connectivity index is 1.15. The number of benzene rings is 8. The Morgan fingerprint density at radius 2 is 0.764 bits per heavy atom. The fourth-order valence-corrected chi connectivity index (χ4v) is 7.66. The van der Waals surface area contributed by atoms with Crippen molar-refractivity contribution in [3.63, 3.8) is 0 Å². The Bertz CT molecular complexity index is 2330. The molecule has 1 aliphatic rings. The molecule has 264 valence electrons. The van der Waals surface area contributed by atoms with Crippen molar-refractivity contribution in [3.8, 4) is 16.9 Å². The molecule has 1 aliphatic heterocycles. The van der Waals surface area contributed by atoms with E-state index in [2.05, 4.69) is 250 Å². The van der Waals surface area contributed by atoms with Crippen LogP contribution in [0, 0.1) is 0 Å². The zero-order chi connectivity index (χ0) is 37.0. The number of hydrogen-bond donors (Lipinski definition) is 0. The van der Waals surface area contributed by atoms with Gasteiger partial charge in [-0.15, -0.1) is 0 Å². The van der Waals surface area contributed by atoms with Crippen LogP contribution < -0.4 is 14.5 Å². The Morgan fingerprint density at radius 3 is 1.18 bits per heavy atom. The van der Waals surface area contributed by atoms with Gasteiger partial charge in [0.2, 0.25) is 0 Å². The lowest BCUT2D eigenvalue weighted by atomic mass is 9.83. The number of nitrogens with zero attached hydrogens (tertiary/aromatic N) is 2. The van der Waals surface area contributed by atoms with Crippen LogP contribution in [0.2, 0.25) is 0 Å². The summed E-state index contributed by atoms with van der Waals surface area (Å²) < 4.78 is 8.34. The number of para-hydroxylation sites is 4. The van der Waals surface area contributed by atoms with Crippen LogP contribution in [0.4, 0.5) is 34.1 Å². The number of halogens is 1. The number of anilines is 6. The van der Waals surface area contributed by atoms with Crippen molar-refractivity contribution in [2.24, 2.45) is 0 Å². The summed E-state index contributed by atoms with van der Waals surface area (Å²) in [5.74, 6) is 0.835. The van der Waals surface area contributed by atoms with E-state index in [0.29, 0.717) is 0 Å². The molecular weight excluding hydrogens is 736 g/mol. The largest absolute Gasteiger partial charge is 0.473 e. The molecule has 0 saturated heterocycles. The first-order chi connectivity index (χ1) is 27.1. The van der Waals surface area contributed by atoms with Crippen molar-refractivity contribution in [2.45, 2.75) is 5.60 Å². The van der Waals surface area contributed by atoms with Gasteiger partial charge >= 0.3 is 0 Å². The maximum atomic E-state index is 7.29. The van der Waals surface area contributed by atoms with E-state index in [1.165, 1.54) is 0 Å². The summed E-state index contributed by atoms with van der Waals surface area (Å²) in [5, 5.41) is 0. The van der Waals surface area contributed by atoms with Gasteiger partial charge in [-0.2, -0.15) is 0 Å². The van der Waals surface area contributed by atoms with Gasteiger partial charge in [0.05, 0.1) is 0 Å². The lowest BCUT2D eigenvalue weighted by molar-refractivity contribution is 0.161. The summed E-state index contributed by atoms with van der Waals surface area (Å²) in [5.41, 5.74) is 10.9. The molecule has 0 aromatic heterocycles. The highest BCUT2D eigenvalue weighted by Crippen LogP contribution is 2.46. The monoisotopic (exact) mass is 772 g/mol. The van der Waals surface area contributed by atoms with Crippen molar-refractivity contribution in [1.29, 1.82) is 0 Å². The van der Waals surface area contributed by atoms with E-state index in [-0.39, 0.29) is 0 Å². The molecule has 0 amide bonds. The Morgan fingerprint density at radius 1 is 0.382 bits per heavy atom. The predicted molar refractivity (Wildman–Crippen MR) is 232 cm³/mol. The molecule has 0 fully saturated rings. The molecular formula is C51H37BrN2O. The number of hydrogen-bond acceptors (Lipinski definition) is 3. The molecule has 0 N–H and O–H groups in total. The first kappa shape index (κ1) is 34.2. The molecule has 0 aliphatic carbocycles. The standard InChI is InChI=1S/C51H37BrN2O/c52-43-29-23-38(24-30-43)40-22-21-39-35-36-51(55-50(39)37-40,41-25-31-48(32-26-41)53(44-13-5-1-6-14-44)45-15-7-2-8-16-45)42-27-33-49(34-28-42)54(46-17-9-3-10-18-46)47-19-11-4-12-20-47/h1-37H. The van der Waals surface area contributed by atoms with Gasteiger partial charge in [0.15, 0.2) is 5.60 Å². The summed E-state index contributed by atoms with van der Waals surface area (Å²) in [6.45, 7) is 0. The minimum atomic E-state index is -0.892. The van der Waals surface area contributed by atoms with Crippen molar-refractivity contribution in [1.82, 2.24) is 0 Å². The van der Waals surface area contributed by atoms with Crippen molar-refractivity contribution in [2.75, 3.05) is 9.80 Å². The molecule has 9 rings (SSSR count). The first-order valence-electron chi connectivity index (χ1n) is 18.4. The maximum Gasteiger partial charge on any atom is 0.178 e. The van der Waals surface area contributed by atoms with E-state index in [4.69, 9.17) is 4.74 Å². The lowest BCUT2D eigenvalue weighted by Crippen LogP contribution is -2.34. The van der Waals surface area contributed by atoms with E-state index in [1.54, 1.807) is 0 Å². The van der Waals surface area contributed by atoms with Crippen molar-refractivity contribution < 1.29 is 4.74 Å². The Labute approximate surface area is 331 Å². The molecule has 0 atom stereocenters. The average Bonchev–Trinajstić information content (AvgIpc) is 3.26. The smallest absolute Gasteiger partial charge is 0.178 e. The molecule has 8 aromatic rings. The maximum absolute atomic E-state index is 7.29. The van der Waals surface area contributed by atoms with Crippen molar-refractivity contribution >= 4 is 56.1 Å². The van der Waals surface area contributed by atoms with Gasteiger partial charge in [-0.25, -0.2) is 0 Å². The third-order valence-electron chi connectivity index (χ3n) is 10.1. The number of fused-ring (bicyclic) bond motifs is 1. The van der Waals surface area contributed by atoms with Crippen molar-refractivity contribution in [3.05, 3.63) is 240 Å². The molecule has 3 nitrogen and oxygen atoms in total. The fraction of sp³-hybridized carbons (Fsp3) is 0.0196. The lowest BCUT2D eigenvalue weighted by Gasteiger charge is -2.37. The van der Waals surface area contributed by atoms with Gasteiger partial charge in [0.25, 0.3) is 0 Å². The summed E-state index contributed by atoms with van der Waals surface area (Å²) in [6.07, 6.45) is 4.41. The zero-order valence-electron chi connectivity index (χ0n) is 30.0. The summed E-state index contributed by atoms with van der Waals surface area (Å²) in [7, 11) is 0. The SMILES string of the molecule is Brc1ccc(-c2ccc3c(c2)OC(c2ccc(N(c4ccccc4)c4ccccc4)cc2)(c2ccc(N(c4ccccc4)c4ccccc4)cc2)C=C3)cc1. The van der Waals surface area contributed by atoms with E-state index >= 15 is 0 Å². The van der Waals surface area contributed by atoms with E-state index in [1.807, 2.05) is 0 Å². The van der Waals surface area contributed by atoms with Crippen LogP contribution in [0.3, 0.4) is 0 Å². The molecule has 0 radical (unpaired) electrons. The first-order valence-corrected chi connectivity index (χ1v) is 19.2. The second-order valence-corrected chi connectivity index (χ2v) is 14.5. The van der Waals surface area contributed by atoms with Gasteiger partial charge in [0, 0.05) is 55.3 Å². The average molecular weight is 774 g/mol. The molecule has 55 heavy (non-hydrogen) atoms. The molecule has 0 spiro atoms. The summed E-state index contributed by atoms with van der Waals surface area (Å²) >= 11 is 3.59. The van der Waals surface area contributed by atoms with Crippen LogP contribution in [0.1, 0.15) is 16.7 Å². The Kier molecular flexibility index (Phi) is 9.33. The van der Waals surface area contributed by atoms with Gasteiger partial charge in [-0.05, 0) is 108 Å². The third-order valence-corrected chi connectivity index (χ3v) is 10.7. The topological polar surface area (TPSA) is 15.7 Å². The molecule has 0 saturated carbocycles. The Hall–Kier alpha value is -6.62. The van der Waals surface area contributed by atoms with E-state index in [0.717, 1.165) is 72.2 Å². The van der Waals surface area contributed by atoms with Crippen LogP contribution >= 0.6 is 15.9 Å². The van der Waals surface area contributed by atoms with E-state index in [9.17, 15) is 0 Å². The summed E-state index contributed by atoms with van der Waals surface area (Å²) in [4.78, 5) is 4.56. The van der Waals surface area contributed by atoms with Crippen LogP contribution in [0.15, 0.2) is 223 Å².